The summed E-state index contributed by atoms with van der Waals surface area (Å²) < 4.78 is 16.1. The highest BCUT2D eigenvalue weighted by atomic mass is 16.5. The van der Waals surface area contributed by atoms with Gasteiger partial charge in [-0.15, -0.1) is 0 Å². The van der Waals surface area contributed by atoms with Crippen LogP contribution in [0.4, 0.5) is 0 Å². The molecule has 0 aromatic heterocycles. The molecule has 0 aromatic carbocycles. The summed E-state index contributed by atoms with van der Waals surface area (Å²) in [6, 6.07) is 0. The maximum atomic E-state index is 12.7. The quantitative estimate of drug-likeness (QED) is 0.455. The molecule has 0 fully saturated rings. The van der Waals surface area contributed by atoms with E-state index in [-0.39, 0.29) is 18.1 Å². The van der Waals surface area contributed by atoms with Crippen molar-refractivity contribution in [2.75, 3.05) is 72.9 Å². The van der Waals surface area contributed by atoms with Gasteiger partial charge in [-0.1, -0.05) is 20.8 Å². The lowest BCUT2D eigenvalue weighted by Gasteiger charge is -2.35. The maximum Gasteiger partial charge on any atom is 0.228 e. The number of amides is 1. The topological polar surface area (TPSA) is 71.5 Å². The number of aliphatic hydroxyl groups is 1. The van der Waals surface area contributed by atoms with Gasteiger partial charge in [0.25, 0.3) is 0 Å². The molecule has 0 aliphatic heterocycles. The zero-order chi connectivity index (χ0) is 20.9. The zero-order valence-electron chi connectivity index (χ0n) is 18.5. The maximum absolute atomic E-state index is 12.7. The highest BCUT2D eigenvalue weighted by Gasteiger charge is 2.28. The second-order valence-electron chi connectivity index (χ2n) is 8.70. The normalized spacial score (nSPS) is 12.6. The van der Waals surface area contributed by atoms with Crippen LogP contribution < -0.4 is 0 Å². The van der Waals surface area contributed by atoms with Crippen molar-refractivity contribution < 1.29 is 24.1 Å². The van der Waals surface area contributed by atoms with E-state index in [0.29, 0.717) is 52.7 Å². The third-order valence-corrected chi connectivity index (χ3v) is 4.26. The predicted octanol–water partition coefficient (Wildman–Crippen LogP) is 1.63. The number of hydrogen-bond acceptors (Lipinski definition) is 6. The Labute approximate surface area is 165 Å². The van der Waals surface area contributed by atoms with Crippen LogP contribution in [0.5, 0.6) is 0 Å². The Morgan fingerprint density at radius 2 is 1.26 bits per heavy atom. The molecule has 7 nitrogen and oxygen atoms in total. The van der Waals surface area contributed by atoms with E-state index >= 15 is 0 Å². The minimum absolute atomic E-state index is 0.0262. The summed E-state index contributed by atoms with van der Waals surface area (Å²) in [5.41, 5.74) is -0.330. The largest absolute Gasteiger partial charge is 0.394 e. The summed E-state index contributed by atoms with van der Waals surface area (Å²) in [5, 5.41) is 8.59. The number of carbonyl (C=O) groups is 1. The molecule has 0 saturated carbocycles. The molecule has 0 aromatic rings. The summed E-state index contributed by atoms with van der Waals surface area (Å²) in [5.74, 6) is 0.144. The van der Waals surface area contributed by atoms with Gasteiger partial charge in [-0.2, -0.15) is 0 Å². The second-order valence-corrected chi connectivity index (χ2v) is 8.70. The monoisotopic (exact) mass is 390 g/mol. The predicted molar refractivity (Wildman–Crippen MR) is 108 cm³/mol. The van der Waals surface area contributed by atoms with Gasteiger partial charge in [-0.3, -0.25) is 9.69 Å². The van der Waals surface area contributed by atoms with E-state index in [9.17, 15) is 4.79 Å². The van der Waals surface area contributed by atoms with Crippen molar-refractivity contribution in [2.45, 2.75) is 47.1 Å². The van der Waals surface area contributed by atoms with E-state index in [0.717, 1.165) is 6.54 Å². The fraction of sp³-hybridized carbons (Fsp3) is 0.950. The Morgan fingerprint density at radius 1 is 0.778 bits per heavy atom. The Morgan fingerprint density at radius 3 is 1.70 bits per heavy atom. The first-order valence-electron chi connectivity index (χ1n) is 9.85. The lowest BCUT2D eigenvalue weighted by Crippen LogP contribution is -2.47. The SMILES string of the molecule is CN(CCN(CCOCCOCCOCCO)C(=O)C(C)(C)C)C(C)(C)C. The van der Waals surface area contributed by atoms with Crippen LogP contribution in [0, 0.1) is 5.41 Å². The van der Waals surface area contributed by atoms with Gasteiger partial charge in [0.15, 0.2) is 0 Å². The summed E-state index contributed by atoms with van der Waals surface area (Å²) >= 11 is 0. The zero-order valence-corrected chi connectivity index (χ0v) is 18.5. The van der Waals surface area contributed by atoms with Crippen LogP contribution in [0.3, 0.4) is 0 Å². The molecular formula is C20H42N2O5. The van der Waals surface area contributed by atoms with Crippen LogP contribution in [0.25, 0.3) is 0 Å². The number of nitrogens with zero attached hydrogens (tertiary/aromatic N) is 2. The molecule has 27 heavy (non-hydrogen) atoms. The van der Waals surface area contributed by atoms with Crippen molar-refractivity contribution in [2.24, 2.45) is 5.41 Å². The van der Waals surface area contributed by atoms with Gasteiger partial charge < -0.3 is 24.2 Å². The van der Waals surface area contributed by atoms with Crippen molar-refractivity contribution in [3.63, 3.8) is 0 Å². The molecule has 7 heteroatoms. The summed E-state index contributed by atoms with van der Waals surface area (Å²) in [6.07, 6.45) is 0. The summed E-state index contributed by atoms with van der Waals surface area (Å²) in [6.45, 7) is 17.2. The first-order valence-corrected chi connectivity index (χ1v) is 9.85. The van der Waals surface area contributed by atoms with Crippen LogP contribution >= 0.6 is 0 Å². The third kappa shape index (κ3) is 13.1. The number of likely N-dealkylation sites (N-methyl/N-ethyl adjacent to an activating group) is 1. The van der Waals surface area contributed by atoms with Gasteiger partial charge in [-0.25, -0.2) is 0 Å². The average molecular weight is 391 g/mol. The van der Waals surface area contributed by atoms with Gasteiger partial charge in [0.2, 0.25) is 5.91 Å². The van der Waals surface area contributed by atoms with E-state index in [2.05, 4.69) is 32.7 Å². The lowest BCUT2D eigenvalue weighted by atomic mass is 9.94. The fourth-order valence-electron chi connectivity index (χ4n) is 2.18. The average Bonchev–Trinajstić information content (AvgIpc) is 2.56. The number of hydrogen-bond donors (Lipinski definition) is 1. The van der Waals surface area contributed by atoms with E-state index in [4.69, 9.17) is 19.3 Å². The Kier molecular flexibility index (Phi) is 13.1. The smallest absolute Gasteiger partial charge is 0.228 e. The third-order valence-electron chi connectivity index (χ3n) is 4.26. The standard InChI is InChI=1S/C20H42N2O5/c1-19(2,3)18(24)22(9-8-21(7)20(4,5)6)10-12-25-14-16-27-17-15-26-13-11-23/h23H,8-17H2,1-7H3. The Balaban J connectivity index is 4.17. The molecule has 0 atom stereocenters. The van der Waals surface area contributed by atoms with E-state index in [1.165, 1.54) is 0 Å². The molecule has 0 saturated heterocycles. The van der Waals surface area contributed by atoms with Crippen molar-refractivity contribution in [1.82, 2.24) is 9.80 Å². The lowest BCUT2D eigenvalue weighted by molar-refractivity contribution is -0.140. The molecule has 1 amide bonds. The molecule has 162 valence electrons. The van der Waals surface area contributed by atoms with Crippen LogP contribution in [-0.2, 0) is 19.0 Å². The van der Waals surface area contributed by atoms with Crippen molar-refractivity contribution in [1.29, 1.82) is 0 Å². The molecule has 0 aliphatic rings. The Hall–Kier alpha value is -0.730. The first kappa shape index (κ1) is 26.3. The molecule has 0 rings (SSSR count). The van der Waals surface area contributed by atoms with Crippen molar-refractivity contribution >= 4 is 5.91 Å². The van der Waals surface area contributed by atoms with Crippen LogP contribution in [0.1, 0.15) is 41.5 Å². The number of rotatable bonds is 14. The van der Waals surface area contributed by atoms with E-state index in [1.54, 1.807) is 0 Å². The van der Waals surface area contributed by atoms with E-state index < -0.39 is 5.41 Å². The first-order chi connectivity index (χ1) is 12.5. The van der Waals surface area contributed by atoms with Gasteiger partial charge in [0.05, 0.1) is 46.2 Å². The second kappa shape index (κ2) is 13.4. The molecule has 0 aliphatic carbocycles. The van der Waals surface area contributed by atoms with Crippen LogP contribution in [-0.4, -0.2) is 99.3 Å². The Bertz CT molecular complexity index is 391. The van der Waals surface area contributed by atoms with Crippen molar-refractivity contribution in [3.8, 4) is 0 Å². The number of carbonyl (C=O) groups excluding carboxylic acids is 1. The number of aliphatic hydroxyl groups excluding tert-OH is 1. The van der Waals surface area contributed by atoms with Crippen LogP contribution in [0.2, 0.25) is 0 Å². The summed E-state index contributed by atoms with van der Waals surface area (Å²) in [7, 11) is 2.08. The van der Waals surface area contributed by atoms with E-state index in [1.807, 2.05) is 25.7 Å². The molecule has 0 heterocycles. The molecule has 0 radical (unpaired) electrons. The molecule has 0 unspecified atom stereocenters. The highest BCUT2D eigenvalue weighted by molar-refractivity contribution is 5.81. The molecular weight excluding hydrogens is 348 g/mol. The molecule has 1 N–H and O–H groups in total. The van der Waals surface area contributed by atoms with Gasteiger partial charge in [-0.05, 0) is 27.8 Å². The van der Waals surface area contributed by atoms with Crippen LogP contribution in [0.15, 0.2) is 0 Å². The highest BCUT2D eigenvalue weighted by Crippen LogP contribution is 2.18. The van der Waals surface area contributed by atoms with Crippen molar-refractivity contribution in [3.05, 3.63) is 0 Å². The number of ether oxygens (including phenoxy) is 3. The molecule has 0 spiro atoms. The van der Waals surface area contributed by atoms with Gasteiger partial charge in [0, 0.05) is 30.6 Å². The summed E-state index contributed by atoms with van der Waals surface area (Å²) in [4.78, 5) is 16.9. The van der Waals surface area contributed by atoms with Gasteiger partial charge in [0.1, 0.15) is 0 Å². The van der Waals surface area contributed by atoms with Gasteiger partial charge >= 0.3 is 0 Å². The fourth-order valence-corrected chi connectivity index (χ4v) is 2.18. The minimum atomic E-state index is -0.405. The molecule has 0 bridgehead atoms. The minimum Gasteiger partial charge on any atom is -0.394 e.